The van der Waals surface area contributed by atoms with Gasteiger partial charge in [-0.2, -0.15) is 0 Å². The lowest BCUT2D eigenvalue weighted by molar-refractivity contribution is -0.140. The van der Waals surface area contributed by atoms with Gasteiger partial charge >= 0.3 is 5.97 Å². The van der Waals surface area contributed by atoms with E-state index in [1.165, 1.54) is 18.7 Å². The summed E-state index contributed by atoms with van der Waals surface area (Å²) >= 11 is 2.98. The average Bonchev–Trinajstić information content (AvgIpc) is 2.63. The predicted molar refractivity (Wildman–Crippen MR) is 60.3 cm³/mol. The summed E-state index contributed by atoms with van der Waals surface area (Å²) in [6.07, 6.45) is 0. The van der Waals surface area contributed by atoms with Gasteiger partial charge in [-0.15, -0.1) is 23.1 Å². The number of rotatable bonds is 5. The number of carbonyl (C=O) groups excluding carboxylic acids is 1. The van der Waals surface area contributed by atoms with Crippen LogP contribution in [0.15, 0.2) is 21.7 Å². The molecule has 82 valence electrons. The summed E-state index contributed by atoms with van der Waals surface area (Å²) in [5.41, 5.74) is 0. The molecule has 1 aromatic rings. The van der Waals surface area contributed by atoms with E-state index in [2.05, 4.69) is 5.32 Å². The van der Waals surface area contributed by atoms with Gasteiger partial charge in [-0.05, 0) is 11.4 Å². The Morgan fingerprint density at radius 3 is 2.87 bits per heavy atom. The molecule has 1 rings (SSSR count). The van der Waals surface area contributed by atoms with Crippen LogP contribution in [0.5, 0.6) is 0 Å². The van der Waals surface area contributed by atoms with Gasteiger partial charge in [-0.25, -0.2) is 4.79 Å². The highest BCUT2D eigenvalue weighted by Gasteiger charge is 2.18. The van der Waals surface area contributed by atoms with Gasteiger partial charge in [-0.3, -0.25) is 4.79 Å². The summed E-state index contributed by atoms with van der Waals surface area (Å²) in [5.74, 6) is -0.987. The number of carbonyl (C=O) groups is 2. The second-order valence-corrected chi connectivity index (χ2v) is 5.10. The predicted octanol–water partition coefficient (Wildman–Crippen LogP) is 1.43. The zero-order valence-corrected chi connectivity index (χ0v) is 9.73. The van der Waals surface area contributed by atoms with E-state index in [1.807, 2.05) is 17.5 Å². The minimum atomic E-state index is -1.01. The molecule has 0 aliphatic rings. The van der Waals surface area contributed by atoms with E-state index in [1.54, 1.807) is 11.3 Å². The van der Waals surface area contributed by atoms with Crippen molar-refractivity contribution < 1.29 is 14.7 Å². The van der Waals surface area contributed by atoms with Gasteiger partial charge in [0.2, 0.25) is 5.91 Å². The molecule has 1 atom stereocenters. The number of nitrogens with one attached hydrogen (secondary N) is 1. The molecule has 1 aromatic heterocycles. The highest BCUT2D eigenvalue weighted by Crippen LogP contribution is 2.23. The van der Waals surface area contributed by atoms with Gasteiger partial charge < -0.3 is 10.4 Å². The number of carboxylic acid groups (broad SMARTS) is 1. The quantitative estimate of drug-likeness (QED) is 0.770. The molecule has 1 amide bonds. The molecular weight excluding hydrogens is 234 g/mol. The lowest BCUT2D eigenvalue weighted by Crippen LogP contribution is -2.41. The second-order valence-electron chi connectivity index (χ2n) is 2.83. The van der Waals surface area contributed by atoms with Crippen LogP contribution in [-0.4, -0.2) is 28.8 Å². The Hall–Kier alpha value is -1.01. The molecule has 0 aromatic carbocycles. The summed E-state index contributed by atoms with van der Waals surface area (Å²) in [4.78, 5) is 21.5. The van der Waals surface area contributed by atoms with Crippen molar-refractivity contribution in [2.75, 3.05) is 5.75 Å². The van der Waals surface area contributed by atoms with Crippen molar-refractivity contribution >= 4 is 35.0 Å². The van der Waals surface area contributed by atoms with Crippen molar-refractivity contribution in [1.29, 1.82) is 0 Å². The van der Waals surface area contributed by atoms with Gasteiger partial charge in [0.25, 0.3) is 0 Å². The molecule has 6 heteroatoms. The van der Waals surface area contributed by atoms with Gasteiger partial charge in [0.05, 0.1) is 4.21 Å². The molecule has 15 heavy (non-hydrogen) atoms. The summed E-state index contributed by atoms with van der Waals surface area (Å²) in [6.45, 7) is 1.31. The number of thioether (sulfide) groups is 1. The number of thiophene rings is 1. The highest BCUT2D eigenvalue weighted by molar-refractivity contribution is 8.01. The van der Waals surface area contributed by atoms with Crippen LogP contribution in [0.3, 0.4) is 0 Å². The van der Waals surface area contributed by atoms with E-state index >= 15 is 0 Å². The summed E-state index contributed by atoms with van der Waals surface area (Å²) in [6, 6.07) is 3.00. The van der Waals surface area contributed by atoms with Crippen molar-refractivity contribution in [3.63, 3.8) is 0 Å². The second kappa shape index (κ2) is 5.77. The van der Waals surface area contributed by atoms with Gasteiger partial charge in [0.1, 0.15) is 6.04 Å². The zero-order chi connectivity index (χ0) is 11.3. The molecular formula is C9H11NO3S2. The van der Waals surface area contributed by atoms with Crippen LogP contribution in [-0.2, 0) is 9.59 Å². The van der Waals surface area contributed by atoms with Gasteiger partial charge in [0.15, 0.2) is 0 Å². The van der Waals surface area contributed by atoms with E-state index in [0.717, 1.165) is 4.21 Å². The van der Waals surface area contributed by atoms with Crippen LogP contribution >= 0.6 is 23.1 Å². The van der Waals surface area contributed by atoms with Crippen molar-refractivity contribution in [1.82, 2.24) is 5.32 Å². The molecule has 1 unspecified atom stereocenters. The summed E-state index contributed by atoms with van der Waals surface area (Å²) < 4.78 is 1.05. The highest BCUT2D eigenvalue weighted by atomic mass is 32.2. The first-order valence-corrected chi connectivity index (χ1v) is 6.12. The molecule has 0 saturated heterocycles. The van der Waals surface area contributed by atoms with Crippen molar-refractivity contribution in [2.24, 2.45) is 0 Å². The van der Waals surface area contributed by atoms with E-state index in [4.69, 9.17) is 5.11 Å². The molecule has 2 N–H and O–H groups in total. The molecule has 0 bridgehead atoms. The SMILES string of the molecule is CC(=O)NC(CSc1cccs1)C(=O)O. The maximum absolute atomic E-state index is 10.8. The number of carboxylic acids is 1. The fourth-order valence-corrected chi connectivity index (χ4v) is 2.75. The average molecular weight is 245 g/mol. The zero-order valence-electron chi connectivity index (χ0n) is 8.10. The Bertz CT molecular complexity index is 337. The van der Waals surface area contributed by atoms with Crippen LogP contribution in [0.4, 0.5) is 0 Å². The minimum Gasteiger partial charge on any atom is -0.480 e. The van der Waals surface area contributed by atoms with Gasteiger partial charge in [0, 0.05) is 12.7 Å². The van der Waals surface area contributed by atoms with Crippen LogP contribution in [0, 0.1) is 0 Å². The standard InChI is InChI=1S/C9H11NO3S2/c1-6(11)10-7(9(12)13)5-15-8-3-2-4-14-8/h2-4,7H,5H2,1H3,(H,10,11)(H,12,13). The maximum atomic E-state index is 10.8. The fourth-order valence-electron chi connectivity index (χ4n) is 0.931. The van der Waals surface area contributed by atoms with Crippen LogP contribution < -0.4 is 5.32 Å². The molecule has 0 aliphatic carbocycles. The molecule has 0 radical (unpaired) electrons. The third kappa shape index (κ3) is 4.35. The van der Waals surface area contributed by atoms with E-state index in [-0.39, 0.29) is 5.91 Å². The van der Waals surface area contributed by atoms with Crippen molar-refractivity contribution in [3.8, 4) is 0 Å². The maximum Gasteiger partial charge on any atom is 0.327 e. The first kappa shape index (κ1) is 12.1. The fraction of sp³-hybridized carbons (Fsp3) is 0.333. The summed E-state index contributed by atoms with van der Waals surface area (Å²) in [5, 5.41) is 13.1. The van der Waals surface area contributed by atoms with Crippen LogP contribution in [0.1, 0.15) is 6.92 Å². The topological polar surface area (TPSA) is 66.4 Å². The normalized spacial score (nSPS) is 12.1. The smallest absolute Gasteiger partial charge is 0.327 e. The molecule has 0 spiro atoms. The largest absolute Gasteiger partial charge is 0.480 e. The monoisotopic (exact) mass is 245 g/mol. The molecule has 0 fully saturated rings. The molecule has 4 nitrogen and oxygen atoms in total. The summed E-state index contributed by atoms with van der Waals surface area (Å²) in [7, 11) is 0. The molecule has 1 heterocycles. The Kier molecular flexibility index (Phi) is 4.64. The van der Waals surface area contributed by atoms with Crippen molar-refractivity contribution in [2.45, 2.75) is 17.2 Å². The Morgan fingerprint density at radius 2 is 2.40 bits per heavy atom. The lowest BCUT2D eigenvalue weighted by Gasteiger charge is -2.11. The van der Waals surface area contributed by atoms with Crippen LogP contribution in [0.25, 0.3) is 0 Å². The third-order valence-corrected chi connectivity index (χ3v) is 3.79. The molecule has 0 aliphatic heterocycles. The van der Waals surface area contributed by atoms with E-state index in [0.29, 0.717) is 5.75 Å². The van der Waals surface area contributed by atoms with Crippen molar-refractivity contribution in [3.05, 3.63) is 17.5 Å². The Morgan fingerprint density at radius 1 is 1.67 bits per heavy atom. The third-order valence-electron chi connectivity index (χ3n) is 1.56. The Balaban J connectivity index is 2.45. The minimum absolute atomic E-state index is 0.325. The number of amides is 1. The lowest BCUT2D eigenvalue weighted by atomic mass is 10.3. The van der Waals surface area contributed by atoms with Gasteiger partial charge in [-0.1, -0.05) is 6.07 Å². The first-order valence-electron chi connectivity index (χ1n) is 4.26. The van der Waals surface area contributed by atoms with E-state index in [9.17, 15) is 9.59 Å². The van der Waals surface area contributed by atoms with E-state index < -0.39 is 12.0 Å². The number of aliphatic carboxylic acids is 1. The number of hydrogen-bond acceptors (Lipinski definition) is 4. The Labute approximate surface area is 95.7 Å². The number of hydrogen-bond donors (Lipinski definition) is 2. The molecule has 0 saturated carbocycles. The van der Waals surface area contributed by atoms with Crippen LogP contribution in [0.2, 0.25) is 0 Å². The first-order chi connectivity index (χ1) is 7.09.